The normalized spacial score (nSPS) is 16.5. The first-order valence-corrected chi connectivity index (χ1v) is 4.83. The summed E-state index contributed by atoms with van der Waals surface area (Å²) in [6.45, 7) is 3.06. The van der Waals surface area contributed by atoms with Crippen LogP contribution in [0, 0.1) is 5.92 Å². The molecule has 0 aliphatic heterocycles. The maximum atomic E-state index is 11.2. The molecule has 88 valence electrons. The highest BCUT2D eigenvalue weighted by Gasteiger charge is 2.26. The molecule has 0 fully saturated rings. The lowest BCUT2D eigenvalue weighted by molar-refractivity contribution is -0.143. The van der Waals surface area contributed by atoms with Gasteiger partial charge >= 0.3 is 5.97 Å². The molecule has 0 aliphatic rings. The highest BCUT2D eigenvalue weighted by Crippen LogP contribution is 2.07. The Kier molecular flexibility index (Phi) is 5.88. The first kappa shape index (κ1) is 13.9. The Labute approximate surface area is 88.5 Å². The predicted molar refractivity (Wildman–Crippen MR) is 54.1 cm³/mol. The van der Waals surface area contributed by atoms with Gasteiger partial charge in [0.15, 0.2) is 0 Å². The molecule has 1 unspecified atom stereocenters. The number of carboxylic acids is 1. The van der Waals surface area contributed by atoms with Gasteiger partial charge in [-0.05, 0) is 5.92 Å². The molecule has 0 spiro atoms. The van der Waals surface area contributed by atoms with Gasteiger partial charge in [-0.2, -0.15) is 0 Å². The van der Waals surface area contributed by atoms with Crippen LogP contribution in [-0.2, 0) is 9.59 Å². The van der Waals surface area contributed by atoms with Gasteiger partial charge in [-0.1, -0.05) is 20.3 Å². The second kappa shape index (κ2) is 6.36. The number of aliphatic hydroxyl groups is 1. The molecule has 0 aromatic rings. The molecule has 0 rings (SSSR count). The molecule has 6 heteroatoms. The van der Waals surface area contributed by atoms with Crippen LogP contribution in [-0.4, -0.2) is 40.8 Å². The number of hydrogen-bond donors (Lipinski definition) is 4. The van der Waals surface area contributed by atoms with Crippen molar-refractivity contribution in [2.24, 2.45) is 11.7 Å². The van der Waals surface area contributed by atoms with Gasteiger partial charge in [-0.25, -0.2) is 4.79 Å². The number of aliphatic carboxylic acids is 1. The van der Waals surface area contributed by atoms with Crippen molar-refractivity contribution in [2.45, 2.75) is 32.4 Å². The van der Waals surface area contributed by atoms with Gasteiger partial charge in [0.1, 0.15) is 12.1 Å². The van der Waals surface area contributed by atoms with E-state index in [4.69, 9.17) is 15.9 Å². The van der Waals surface area contributed by atoms with Crippen molar-refractivity contribution in [2.75, 3.05) is 6.61 Å². The van der Waals surface area contributed by atoms with Gasteiger partial charge in [0.05, 0.1) is 6.61 Å². The Bertz CT molecular complexity index is 232. The molecule has 0 radical (unpaired) electrons. The van der Waals surface area contributed by atoms with Gasteiger partial charge in [0.2, 0.25) is 5.91 Å². The Hall–Kier alpha value is -1.14. The lowest BCUT2D eigenvalue weighted by atomic mass is 9.99. The van der Waals surface area contributed by atoms with E-state index >= 15 is 0 Å². The van der Waals surface area contributed by atoms with Gasteiger partial charge in [-0.3, -0.25) is 4.79 Å². The van der Waals surface area contributed by atoms with E-state index in [1.54, 1.807) is 6.92 Å². The van der Waals surface area contributed by atoms with Gasteiger partial charge in [0.25, 0.3) is 0 Å². The highest BCUT2D eigenvalue weighted by atomic mass is 16.4. The third-order valence-corrected chi connectivity index (χ3v) is 2.31. The van der Waals surface area contributed by atoms with Crippen molar-refractivity contribution in [3.63, 3.8) is 0 Å². The summed E-state index contributed by atoms with van der Waals surface area (Å²) in [5.41, 5.74) is 5.25. The van der Waals surface area contributed by atoms with E-state index < -0.39 is 30.6 Å². The Morgan fingerprint density at radius 3 is 2.33 bits per heavy atom. The zero-order valence-corrected chi connectivity index (χ0v) is 8.93. The molecule has 3 atom stereocenters. The molecule has 0 heterocycles. The minimum absolute atomic E-state index is 0.183. The summed E-state index contributed by atoms with van der Waals surface area (Å²) in [7, 11) is 0. The summed E-state index contributed by atoms with van der Waals surface area (Å²) in [4.78, 5) is 22.1. The highest BCUT2D eigenvalue weighted by molar-refractivity contribution is 5.86. The van der Waals surface area contributed by atoms with Crippen molar-refractivity contribution in [1.29, 1.82) is 0 Å². The van der Waals surface area contributed by atoms with Crippen LogP contribution in [0.5, 0.6) is 0 Å². The zero-order valence-electron chi connectivity index (χ0n) is 8.93. The Morgan fingerprint density at radius 1 is 1.47 bits per heavy atom. The van der Waals surface area contributed by atoms with E-state index in [0.717, 1.165) is 0 Å². The summed E-state index contributed by atoms with van der Waals surface area (Å²) in [5, 5.41) is 19.8. The maximum absolute atomic E-state index is 11.2. The summed E-state index contributed by atoms with van der Waals surface area (Å²) in [6, 6.07) is -2.03. The topological polar surface area (TPSA) is 113 Å². The van der Waals surface area contributed by atoms with Crippen molar-refractivity contribution < 1.29 is 19.8 Å². The lowest BCUT2D eigenvalue weighted by Crippen LogP contribution is -2.52. The van der Waals surface area contributed by atoms with Gasteiger partial charge < -0.3 is 21.3 Å². The van der Waals surface area contributed by atoms with Crippen molar-refractivity contribution >= 4 is 11.9 Å². The summed E-state index contributed by atoms with van der Waals surface area (Å²) in [5.74, 6) is -1.93. The minimum atomic E-state index is -1.09. The van der Waals surface area contributed by atoms with Crippen LogP contribution in [0.1, 0.15) is 20.3 Å². The van der Waals surface area contributed by atoms with Crippen LogP contribution in [0.4, 0.5) is 0 Å². The second-order valence-electron chi connectivity index (χ2n) is 3.50. The van der Waals surface area contributed by atoms with E-state index in [-0.39, 0.29) is 5.92 Å². The number of carbonyl (C=O) groups excluding carboxylic acids is 1. The van der Waals surface area contributed by atoms with E-state index in [1.165, 1.54) is 0 Å². The molecule has 6 nitrogen and oxygen atoms in total. The quantitative estimate of drug-likeness (QED) is 0.453. The van der Waals surface area contributed by atoms with Crippen molar-refractivity contribution in [3.05, 3.63) is 0 Å². The van der Waals surface area contributed by atoms with Crippen LogP contribution >= 0.6 is 0 Å². The average Bonchev–Trinajstić information content (AvgIpc) is 2.22. The number of nitrogens with two attached hydrogens (primary N) is 1. The Balaban J connectivity index is 4.42. The van der Waals surface area contributed by atoms with Gasteiger partial charge in [0, 0.05) is 0 Å². The molecule has 0 saturated heterocycles. The number of aliphatic hydroxyl groups excluding tert-OH is 1. The summed E-state index contributed by atoms with van der Waals surface area (Å²) in [6.07, 6.45) is 0.631. The van der Waals surface area contributed by atoms with E-state index in [1.807, 2.05) is 6.92 Å². The van der Waals surface area contributed by atoms with E-state index in [2.05, 4.69) is 5.32 Å². The largest absolute Gasteiger partial charge is 0.480 e. The Morgan fingerprint density at radius 2 is 2.00 bits per heavy atom. The number of carboxylic acid groups (broad SMARTS) is 1. The molecule has 0 bridgehead atoms. The maximum Gasteiger partial charge on any atom is 0.326 e. The molecule has 0 aliphatic carbocycles. The van der Waals surface area contributed by atoms with Crippen LogP contribution in [0.3, 0.4) is 0 Å². The first-order valence-electron chi connectivity index (χ1n) is 4.83. The van der Waals surface area contributed by atoms with Crippen LogP contribution in [0.25, 0.3) is 0 Å². The monoisotopic (exact) mass is 218 g/mol. The summed E-state index contributed by atoms with van der Waals surface area (Å²) < 4.78 is 0. The number of hydrogen-bond acceptors (Lipinski definition) is 4. The molecule has 0 saturated carbocycles. The fourth-order valence-corrected chi connectivity index (χ4v) is 1.03. The summed E-state index contributed by atoms with van der Waals surface area (Å²) >= 11 is 0. The number of amides is 1. The molecular formula is C9H18N2O4. The fourth-order valence-electron chi connectivity index (χ4n) is 1.03. The van der Waals surface area contributed by atoms with Gasteiger partial charge in [-0.15, -0.1) is 0 Å². The van der Waals surface area contributed by atoms with Crippen molar-refractivity contribution in [3.8, 4) is 0 Å². The fraction of sp³-hybridized carbons (Fsp3) is 0.778. The van der Waals surface area contributed by atoms with Crippen LogP contribution < -0.4 is 11.1 Å². The average molecular weight is 218 g/mol. The van der Waals surface area contributed by atoms with Crippen molar-refractivity contribution in [1.82, 2.24) is 5.32 Å². The number of rotatable bonds is 6. The first-order chi connectivity index (χ1) is 6.93. The molecule has 0 aromatic carbocycles. The predicted octanol–water partition coefficient (Wildman–Crippen LogP) is -1.08. The third-order valence-electron chi connectivity index (χ3n) is 2.31. The van der Waals surface area contributed by atoms with E-state index in [9.17, 15) is 9.59 Å². The molecule has 0 aromatic heterocycles. The van der Waals surface area contributed by atoms with E-state index in [0.29, 0.717) is 6.42 Å². The standard InChI is InChI=1S/C9H18N2O4/c1-3-5(2)7(9(14)15)11-8(13)6(10)4-12/h5-7,12H,3-4,10H2,1-2H3,(H,11,13)(H,14,15)/t5-,6-,7?/m0/s1. The lowest BCUT2D eigenvalue weighted by Gasteiger charge is -2.21. The molecule has 1 amide bonds. The zero-order chi connectivity index (χ0) is 12.0. The SMILES string of the molecule is CC[C@H](C)C(NC(=O)[C@@H](N)CO)C(=O)O. The molecular weight excluding hydrogens is 200 g/mol. The molecule has 15 heavy (non-hydrogen) atoms. The van der Waals surface area contributed by atoms with Crippen LogP contribution in [0.2, 0.25) is 0 Å². The third kappa shape index (κ3) is 4.26. The minimum Gasteiger partial charge on any atom is -0.480 e. The second-order valence-corrected chi connectivity index (χ2v) is 3.50. The smallest absolute Gasteiger partial charge is 0.326 e. The van der Waals surface area contributed by atoms with Crippen LogP contribution in [0.15, 0.2) is 0 Å². The number of carbonyl (C=O) groups is 2. The molecule has 5 N–H and O–H groups in total. The number of nitrogens with one attached hydrogen (secondary N) is 1.